The highest BCUT2D eigenvalue weighted by Gasteiger charge is 2.17. The second kappa shape index (κ2) is 10.6. The van der Waals surface area contributed by atoms with Gasteiger partial charge in [-0.3, -0.25) is 18.8 Å². The quantitative estimate of drug-likeness (QED) is 0.448. The van der Waals surface area contributed by atoms with Gasteiger partial charge in [0.05, 0.1) is 6.33 Å². The van der Waals surface area contributed by atoms with Gasteiger partial charge in [0, 0.05) is 57.5 Å². The summed E-state index contributed by atoms with van der Waals surface area (Å²) >= 11 is 6.12. The molecule has 1 aromatic carbocycles. The van der Waals surface area contributed by atoms with E-state index in [4.69, 9.17) is 11.6 Å². The molecule has 0 atom stereocenters. The van der Waals surface area contributed by atoms with E-state index in [9.17, 15) is 9.59 Å². The third-order valence-corrected chi connectivity index (χ3v) is 6.87. The first-order chi connectivity index (χ1) is 16.0. The lowest BCUT2D eigenvalue weighted by molar-refractivity contribution is 0.252. The van der Waals surface area contributed by atoms with Gasteiger partial charge < -0.3 is 9.47 Å². The maximum atomic E-state index is 12.5. The summed E-state index contributed by atoms with van der Waals surface area (Å²) in [6.07, 6.45) is 7.41. The number of halogens is 1. The van der Waals surface area contributed by atoms with Crippen LogP contribution in [0.5, 0.6) is 0 Å². The highest BCUT2D eigenvalue weighted by atomic mass is 35.5. The molecule has 178 valence electrons. The minimum absolute atomic E-state index is 0.277. The number of hydrogen-bond donors (Lipinski definition) is 0. The van der Waals surface area contributed by atoms with Crippen LogP contribution in [0.4, 0.5) is 5.69 Å². The number of nitrogens with zero attached hydrogens (tertiary/aromatic N) is 6. The number of hydrogen-bond acceptors (Lipinski definition) is 5. The molecular weight excluding hydrogens is 440 g/mol. The Balaban J connectivity index is 1.15. The Hall–Kier alpha value is -2.58. The van der Waals surface area contributed by atoms with Gasteiger partial charge >= 0.3 is 5.69 Å². The van der Waals surface area contributed by atoms with E-state index < -0.39 is 0 Å². The van der Waals surface area contributed by atoms with Crippen LogP contribution in [0.1, 0.15) is 32.1 Å². The van der Waals surface area contributed by atoms with Crippen LogP contribution in [0.15, 0.2) is 40.2 Å². The average molecular weight is 473 g/mol. The summed E-state index contributed by atoms with van der Waals surface area (Å²) < 4.78 is 4.47. The van der Waals surface area contributed by atoms with Crippen LogP contribution in [-0.4, -0.2) is 56.3 Å². The maximum absolute atomic E-state index is 12.5. The van der Waals surface area contributed by atoms with Gasteiger partial charge in [0.1, 0.15) is 0 Å². The number of fused-ring (bicyclic) bond motifs is 1. The van der Waals surface area contributed by atoms with Gasteiger partial charge in [-0.05, 0) is 37.6 Å². The number of rotatable bonds is 9. The molecule has 1 aliphatic rings. The number of aryl methyl sites for hydroxylation is 2. The smallest absolute Gasteiger partial charge is 0.332 e. The van der Waals surface area contributed by atoms with Crippen LogP contribution in [-0.2, 0) is 20.6 Å². The van der Waals surface area contributed by atoms with Gasteiger partial charge in [-0.1, -0.05) is 36.9 Å². The van der Waals surface area contributed by atoms with Gasteiger partial charge in [-0.15, -0.1) is 0 Å². The molecule has 8 nitrogen and oxygen atoms in total. The number of piperazine rings is 1. The fourth-order valence-corrected chi connectivity index (χ4v) is 4.80. The fourth-order valence-electron chi connectivity index (χ4n) is 4.62. The Morgan fingerprint density at radius 2 is 1.61 bits per heavy atom. The molecule has 33 heavy (non-hydrogen) atoms. The van der Waals surface area contributed by atoms with Gasteiger partial charge in [0.2, 0.25) is 0 Å². The van der Waals surface area contributed by atoms with Crippen molar-refractivity contribution in [2.24, 2.45) is 14.1 Å². The molecule has 0 unspecified atom stereocenters. The Morgan fingerprint density at radius 1 is 0.909 bits per heavy atom. The van der Waals surface area contributed by atoms with Crippen molar-refractivity contribution in [1.82, 2.24) is 23.6 Å². The van der Waals surface area contributed by atoms with Crippen LogP contribution in [0, 0.1) is 0 Å². The van der Waals surface area contributed by atoms with E-state index in [0.717, 1.165) is 61.7 Å². The van der Waals surface area contributed by atoms with Crippen molar-refractivity contribution >= 4 is 28.5 Å². The van der Waals surface area contributed by atoms with Gasteiger partial charge in [0.25, 0.3) is 5.56 Å². The Bertz CT molecular complexity index is 1210. The minimum Gasteiger partial charge on any atom is -0.369 e. The Labute approximate surface area is 199 Å². The van der Waals surface area contributed by atoms with Crippen LogP contribution >= 0.6 is 11.6 Å². The molecule has 0 bridgehead atoms. The largest absolute Gasteiger partial charge is 0.369 e. The second-order valence-electron chi connectivity index (χ2n) is 8.89. The van der Waals surface area contributed by atoms with Crippen molar-refractivity contribution in [2.75, 3.05) is 37.6 Å². The zero-order valence-corrected chi connectivity index (χ0v) is 20.3. The molecule has 1 saturated heterocycles. The summed E-state index contributed by atoms with van der Waals surface area (Å²) in [7, 11) is 3.16. The Morgan fingerprint density at radius 3 is 2.33 bits per heavy atom. The van der Waals surface area contributed by atoms with E-state index in [2.05, 4.69) is 20.9 Å². The standard InChI is InChI=1S/C24H33ClN6O2/c1-27-22-21(23(32)28(2)24(27)33)31(18-26-22)12-7-5-3-4-6-11-29-13-15-30(16-14-29)20-10-8-9-19(25)17-20/h8-10,17-18H,3-7,11-16H2,1-2H3. The first-order valence-corrected chi connectivity index (χ1v) is 12.2. The SMILES string of the molecule is Cn1c(=O)c2c(ncn2CCCCCCCN2CCN(c3cccc(Cl)c3)CC2)n(C)c1=O. The average Bonchev–Trinajstić information content (AvgIpc) is 3.25. The van der Waals surface area contributed by atoms with Crippen molar-refractivity contribution in [3.8, 4) is 0 Å². The lowest BCUT2D eigenvalue weighted by Crippen LogP contribution is -2.46. The summed E-state index contributed by atoms with van der Waals surface area (Å²) in [5.74, 6) is 0. The van der Waals surface area contributed by atoms with Crippen molar-refractivity contribution < 1.29 is 0 Å². The van der Waals surface area contributed by atoms with Gasteiger partial charge in [-0.2, -0.15) is 0 Å². The molecule has 3 aromatic rings. The summed E-state index contributed by atoms with van der Waals surface area (Å²) in [6, 6.07) is 8.11. The van der Waals surface area contributed by atoms with Crippen molar-refractivity contribution in [3.05, 3.63) is 56.5 Å². The van der Waals surface area contributed by atoms with Crippen LogP contribution in [0.2, 0.25) is 5.02 Å². The number of imidazole rings is 1. The molecule has 0 radical (unpaired) electrons. The third kappa shape index (κ3) is 5.33. The number of aromatic nitrogens is 4. The summed E-state index contributed by atoms with van der Waals surface area (Å²) in [4.78, 5) is 33.8. The first kappa shape index (κ1) is 23.6. The van der Waals surface area contributed by atoms with E-state index in [0.29, 0.717) is 11.2 Å². The monoisotopic (exact) mass is 472 g/mol. The highest BCUT2D eigenvalue weighted by Crippen LogP contribution is 2.21. The van der Waals surface area contributed by atoms with E-state index >= 15 is 0 Å². The minimum atomic E-state index is -0.344. The molecule has 1 fully saturated rings. The normalized spacial score (nSPS) is 14.9. The number of benzene rings is 1. The molecule has 4 rings (SSSR count). The molecule has 0 saturated carbocycles. The summed E-state index contributed by atoms with van der Waals surface area (Å²) in [5, 5.41) is 0.796. The predicted octanol–water partition coefficient (Wildman–Crippen LogP) is 2.86. The zero-order chi connectivity index (χ0) is 23.4. The molecule has 0 aliphatic carbocycles. The number of unbranched alkanes of at least 4 members (excludes halogenated alkanes) is 4. The van der Waals surface area contributed by atoms with E-state index in [1.807, 2.05) is 22.8 Å². The van der Waals surface area contributed by atoms with Crippen LogP contribution < -0.4 is 16.1 Å². The predicted molar refractivity (Wildman–Crippen MR) is 133 cm³/mol. The van der Waals surface area contributed by atoms with E-state index in [1.54, 1.807) is 13.4 Å². The molecule has 3 heterocycles. The van der Waals surface area contributed by atoms with E-state index in [1.165, 1.54) is 36.6 Å². The van der Waals surface area contributed by atoms with Crippen LogP contribution in [0.25, 0.3) is 11.2 Å². The van der Waals surface area contributed by atoms with Crippen molar-refractivity contribution in [3.63, 3.8) is 0 Å². The molecule has 2 aromatic heterocycles. The highest BCUT2D eigenvalue weighted by molar-refractivity contribution is 6.30. The summed E-state index contributed by atoms with van der Waals surface area (Å²) in [5.41, 5.74) is 1.56. The van der Waals surface area contributed by atoms with Crippen molar-refractivity contribution in [2.45, 2.75) is 38.6 Å². The van der Waals surface area contributed by atoms with E-state index in [-0.39, 0.29) is 11.2 Å². The molecule has 9 heteroatoms. The first-order valence-electron chi connectivity index (χ1n) is 11.8. The Kier molecular flexibility index (Phi) is 7.55. The lowest BCUT2D eigenvalue weighted by Gasteiger charge is -2.36. The molecule has 0 spiro atoms. The molecule has 0 N–H and O–H groups in total. The van der Waals surface area contributed by atoms with Crippen LogP contribution in [0.3, 0.4) is 0 Å². The fraction of sp³-hybridized carbons (Fsp3) is 0.542. The zero-order valence-electron chi connectivity index (χ0n) is 19.5. The molecular formula is C24H33ClN6O2. The lowest BCUT2D eigenvalue weighted by atomic mass is 10.1. The topological polar surface area (TPSA) is 68.3 Å². The van der Waals surface area contributed by atoms with Gasteiger partial charge in [0.15, 0.2) is 11.2 Å². The van der Waals surface area contributed by atoms with Gasteiger partial charge in [-0.25, -0.2) is 9.78 Å². The second-order valence-corrected chi connectivity index (χ2v) is 9.33. The third-order valence-electron chi connectivity index (χ3n) is 6.64. The maximum Gasteiger partial charge on any atom is 0.332 e. The number of anilines is 1. The summed E-state index contributed by atoms with van der Waals surface area (Å²) in [6.45, 7) is 6.18. The molecule has 0 amide bonds. The molecule has 1 aliphatic heterocycles. The van der Waals surface area contributed by atoms with Crippen molar-refractivity contribution in [1.29, 1.82) is 0 Å².